The second-order valence-electron chi connectivity index (χ2n) is 3.10. The minimum Gasteiger partial charge on any atom is -0.229 e. The molecule has 2 N–H and O–H groups in total. The van der Waals surface area contributed by atoms with E-state index in [1.807, 2.05) is 24.3 Å². The first-order valence-electron chi connectivity index (χ1n) is 4.22. The summed E-state index contributed by atoms with van der Waals surface area (Å²) in [6.07, 6.45) is 1.31. The molecule has 0 aliphatic rings. The van der Waals surface area contributed by atoms with E-state index in [-0.39, 0.29) is 5.75 Å². The summed E-state index contributed by atoms with van der Waals surface area (Å²) >= 11 is 3.33. The molecule has 78 valence electrons. The van der Waals surface area contributed by atoms with E-state index in [2.05, 4.69) is 15.9 Å². The molecule has 1 aromatic rings. The molecule has 0 heterocycles. The van der Waals surface area contributed by atoms with E-state index in [9.17, 15) is 8.42 Å². The number of aryl methyl sites for hydroxylation is 1. The number of rotatable bonds is 4. The molecule has 0 aliphatic carbocycles. The van der Waals surface area contributed by atoms with Crippen molar-refractivity contribution in [3.8, 4) is 0 Å². The van der Waals surface area contributed by atoms with E-state index in [0.29, 0.717) is 6.42 Å². The van der Waals surface area contributed by atoms with Gasteiger partial charge in [0.15, 0.2) is 0 Å². The maximum Gasteiger partial charge on any atom is 0.209 e. The average Bonchev–Trinajstić information content (AvgIpc) is 2.06. The van der Waals surface area contributed by atoms with Crippen LogP contribution in [0.25, 0.3) is 0 Å². The molecular formula is C9H12BrNO2S. The van der Waals surface area contributed by atoms with Crippen molar-refractivity contribution in [1.29, 1.82) is 0 Å². The van der Waals surface area contributed by atoms with Crippen LogP contribution >= 0.6 is 15.9 Å². The Morgan fingerprint density at radius 3 is 2.29 bits per heavy atom. The van der Waals surface area contributed by atoms with E-state index in [1.54, 1.807) is 0 Å². The number of hydrogen-bond donors (Lipinski definition) is 1. The predicted octanol–water partition coefficient (Wildman–Crippen LogP) is 1.67. The monoisotopic (exact) mass is 277 g/mol. The first-order chi connectivity index (χ1) is 6.47. The van der Waals surface area contributed by atoms with Gasteiger partial charge in [0, 0.05) is 4.47 Å². The van der Waals surface area contributed by atoms with Crippen molar-refractivity contribution in [2.45, 2.75) is 12.8 Å². The lowest BCUT2D eigenvalue weighted by Crippen LogP contribution is -2.16. The van der Waals surface area contributed by atoms with Gasteiger partial charge in [-0.05, 0) is 30.5 Å². The average molecular weight is 278 g/mol. The first kappa shape index (κ1) is 11.7. The summed E-state index contributed by atoms with van der Waals surface area (Å²) in [7, 11) is -3.31. The van der Waals surface area contributed by atoms with Gasteiger partial charge in [-0.2, -0.15) is 0 Å². The molecule has 1 aromatic carbocycles. The summed E-state index contributed by atoms with van der Waals surface area (Å²) < 4.78 is 22.3. The van der Waals surface area contributed by atoms with Crippen LogP contribution in [-0.4, -0.2) is 14.2 Å². The third-order valence-electron chi connectivity index (χ3n) is 1.81. The predicted molar refractivity (Wildman–Crippen MR) is 60.4 cm³/mol. The molecule has 3 nitrogen and oxygen atoms in total. The van der Waals surface area contributed by atoms with Crippen molar-refractivity contribution in [2.75, 3.05) is 5.75 Å². The zero-order chi connectivity index (χ0) is 10.6. The van der Waals surface area contributed by atoms with E-state index >= 15 is 0 Å². The molecule has 0 spiro atoms. The summed E-state index contributed by atoms with van der Waals surface area (Å²) in [5.74, 6) is 0.0447. The van der Waals surface area contributed by atoms with Gasteiger partial charge >= 0.3 is 0 Å². The Labute approximate surface area is 92.5 Å². The van der Waals surface area contributed by atoms with Gasteiger partial charge in [0.2, 0.25) is 10.0 Å². The molecule has 0 amide bonds. The second-order valence-corrected chi connectivity index (χ2v) is 5.75. The van der Waals surface area contributed by atoms with Crippen molar-refractivity contribution in [2.24, 2.45) is 5.14 Å². The highest BCUT2D eigenvalue weighted by Gasteiger charge is 2.02. The number of nitrogens with two attached hydrogens (primary N) is 1. The van der Waals surface area contributed by atoms with Crippen LogP contribution in [0.1, 0.15) is 12.0 Å². The molecule has 5 heteroatoms. The highest BCUT2D eigenvalue weighted by molar-refractivity contribution is 9.10. The summed E-state index contributed by atoms with van der Waals surface area (Å²) in [6.45, 7) is 0. The molecule has 0 unspecified atom stereocenters. The Morgan fingerprint density at radius 1 is 1.21 bits per heavy atom. The molecule has 0 aromatic heterocycles. The first-order valence-corrected chi connectivity index (χ1v) is 6.73. The van der Waals surface area contributed by atoms with E-state index in [4.69, 9.17) is 5.14 Å². The fourth-order valence-corrected chi connectivity index (χ4v) is 1.94. The minimum absolute atomic E-state index is 0.0447. The van der Waals surface area contributed by atoms with E-state index < -0.39 is 10.0 Å². The fraction of sp³-hybridized carbons (Fsp3) is 0.333. The summed E-state index contributed by atoms with van der Waals surface area (Å²) in [4.78, 5) is 0. The quantitative estimate of drug-likeness (QED) is 0.910. The Morgan fingerprint density at radius 2 is 1.79 bits per heavy atom. The van der Waals surface area contributed by atoms with Crippen LogP contribution in [0.5, 0.6) is 0 Å². The topological polar surface area (TPSA) is 60.2 Å². The van der Waals surface area contributed by atoms with Crippen molar-refractivity contribution < 1.29 is 8.42 Å². The van der Waals surface area contributed by atoms with Crippen LogP contribution in [0.15, 0.2) is 28.7 Å². The Balaban J connectivity index is 2.43. The molecule has 0 atom stereocenters. The van der Waals surface area contributed by atoms with Crippen LogP contribution in [0, 0.1) is 0 Å². The lowest BCUT2D eigenvalue weighted by atomic mass is 10.1. The van der Waals surface area contributed by atoms with E-state index in [1.165, 1.54) is 0 Å². The van der Waals surface area contributed by atoms with Gasteiger partial charge in [-0.25, -0.2) is 13.6 Å². The van der Waals surface area contributed by atoms with Crippen LogP contribution in [0.2, 0.25) is 0 Å². The minimum atomic E-state index is -3.31. The summed E-state index contributed by atoms with van der Waals surface area (Å²) in [6, 6.07) is 7.80. The van der Waals surface area contributed by atoms with Crippen molar-refractivity contribution in [3.05, 3.63) is 34.3 Å². The molecule has 14 heavy (non-hydrogen) atoms. The Hall–Kier alpha value is -0.390. The molecule has 0 radical (unpaired) electrons. The highest BCUT2D eigenvalue weighted by Crippen LogP contribution is 2.11. The third-order valence-corrected chi connectivity index (χ3v) is 3.19. The Bertz CT molecular complexity index is 386. The number of hydrogen-bond acceptors (Lipinski definition) is 2. The maximum absolute atomic E-state index is 10.6. The van der Waals surface area contributed by atoms with Crippen LogP contribution in [-0.2, 0) is 16.4 Å². The second kappa shape index (κ2) is 4.91. The Kier molecular flexibility index (Phi) is 4.10. The third kappa shape index (κ3) is 4.74. The van der Waals surface area contributed by atoms with Gasteiger partial charge in [-0.1, -0.05) is 28.1 Å². The molecule has 0 saturated heterocycles. The zero-order valence-corrected chi connectivity index (χ0v) is 10.0. The molecule has 0 aliphatic heterocycles. The smallest absolute Gasteiger partial charge is 0.209 e. The number of halogens is 1. The number of sulfonamides is 1. The van der Waals surface area contributed by atoms with Crippen molar-refractivity contribution in [1.82, 2.24) is 0 Å². The van der Waals surface area contributed by atoms with Crippen LogP contribution in [0.4, 0.5) is 0 Å². The molecule has 0 bridgehead atoms. The summed E-state index contributed by atoms with van der Waals surface area (Å²) in [5, 5.41) is 4.89. The summed E-state index contributed by atoms with van der Waals surface area (Å²) in [5.41, 5.74) is 1.12. The normalized spacial score (nSPS) is 11.6. The van der Waals surface area contributed by atoms with E-state index in [0.717, 1.165) is 16.5 Å². The number of primary sulfonamides is 1. The SMILES string of the molecule is NS(=O)(=O)CCCc1ccc(Br)cc1. The molecule has 0 fully saturated rings. The molecular weight excluding hydrogens is 266 g/mol. The van der Waals surface area contributed by atoms with Gasteiger partial charge in [0.25, 0.3) is 0 Å². The number of benzene rings is 1. The maximum atomic E-state index is 10.6. The van der Waals surface area contributed by atoms with Gasteiger partial charge in [0.05, 0.1) is 5.75 Å². The van der Waals surface area contributed by atoms with Crippen LogP contribution in [0.3, 0.4) is 0 Å². The van der Waals surface area contributed by atoms with Crippen molar-refractivity contribution in [3.63, 3.8) is 0 Å². The molecule has 0 saturated carbocycles. The van der Waals surface area contributed by atoms with Gasteiger partial charge < -0.3 is 0 Å². The van der Waals surface area contributed by atoms with Gasteiger partial charge in [0.1, 0.15) is 0 Å². The lowest BCUT2D eigenvalue weighted by Gasteiger charge is -2.00. The fourth-order valence-electron chi connectivity index (χ4n) is 1.13. The largest absolute Gasteiger partial charge is 0.229 e. The molecule has 1 rings (SSSR count). The highest BCUT2D eigenvalue weighted by atomic mass is 79.9. The van der Waals surface area contributed by atoms with Crippen molar-refractivity contribution >= 4 is 26.0 Å². The standard InChI is InChI=1S/C9H12BrNO2S/c10-9-5-3-8(4-6-9)2-1-7-14(11,12)13/h3-6H,1-2,7H2,(H2,11,12,13). The van der Waals surface area contributed by atoms with Gasteiger partial charge in [-0.15, -0.1) is 0 Å². The lowest BCUT2D eigenvalue weighted by molar-refractivity contribution is 0.595. The zero-order valence-electron chi connectivity index (χ0n) is 7.61. The van der Waals surface area contributed by atoms with Crippen LogP contribution < -0.4 is 5.14 Å². The van der Waals surface area contributed by atoms with Gasteiger partial charge in [-0.3, -0.25) is 0 Å².